The summed E-state index contributed by atoms with van der Waals surface area (Å²) >= 11 is 0. The van der Waals surface area contributed by atoms with Gasteiger partial charge in [0.05, 0.1) is 12.1 Å². The molecule has 282 valence electrons. The minimum Gasteiger partial charge on any atom is -0.338 e. The minimum absolute atomic E-state index is 0.371. The molecule has 2 atom stereocenters. The van der Waals surface area contributed by atoms with E-state index in [4.69, 9.17) is 0 Å². The van der Waals surface area contributed by atoms with Gasteiger partial charge in [-0.1, -0.05) is 134 Å². The standard InChI is InChI=1S/C54H56N2/c1-3-15-49(16-4-1)55(53-37-31-45-11-7-9-13-47(45)39-53)51-33-27-43(28-34-51)25-23-41-19-21-42(22-20-41)24-26-44-29-35-52(36-30-44)56(50-17-5-2-6-18-50)54-38-32-46-12-8-10-14-48(46)40-54/h3,5,9-10,13-27,29,31-33,35,37-38,53-54H,1-2,4,6-8,11-12,28,30,34,36,39-40H2/b25-23+,26-24+. The molecule has 0 aromatic heterocycles. The predicted molar refractivity (Wildman–Crippen MR) is 238 cm³/mol. The van der Waals surface area contributed by atoms with Gasteiger partial charge in [-0.05, 0) is 159 Å². The summed E-state index contributed by atoms with van der Waals surface area (Å²) in [7, 11) is 0. The van der Waals surface area contributed by atoms with Gasteiger partial charge in [0.2, 0.25) is 0 Å². The second-order valence-corrected chi connectivity index (χ2v) is 16.3. The van der Waals surface area contributed by atoms with Crippen molar-refractivity contribution < 1.29 is 0 Å². The Morgan fingerprint density at radius 3 is 1.29 bits per heavy atom. The summed E-state index contributed by atoms with van der Waals surface area (Å²) < 4.78 is 0. The second kappa shape index (κ2) is 17.2. The summed E-state index contributed by atoms with van der Waals surface area (Å²) in [5.74, 6) is 0. The van der Waals surface area contributed by atoms with E-state index in [0.717, 1.165) is 64.2 Å². The van der Waals surface area contributed by atoms with Crippen LogP contribution in [0.25, 0.3) is 12.2 Å². The average molecular weight is 733 g/mol. The number of nitrogens with zero attached hydrogens (tertiary/aromatic N) is 2. The van der Waals surface area contributed by atoms with Gasteiger partial charge in [-0.15, -0.1) is 0 Å². The molecule has 2 nitrogen and oxygen atoms in total. The number of rotatable bonds is 10. The highest BCUT2D eigenvalue weighted by atomic mass is 15.2. The molecule has 0 saturated heterocycles. The van der Waals surface area contributed by atoms with E-state index in [1.54, 1.807) is 0 Å². The maximum absolute atomic E-state index is 2.62. The number of hydrogen-bond acceptors (Lipinski definition) is 2. The van der Waals surface area contributed by atoms with E-state index in [0.29, 0.717) is 12.1 Å². The fraction of sp³-hybridized carbons (Fsp3) is 0.296. The fourth-order valence-electron chi connectivity index (χ4n) is 9.42. The van der Waals surface area contributed by atoms with Crippen molar-refractivity contribution in [2.75, 3.05) is 0 Å². The molecule has 0 N–H and O–H groups in total. The van der Waals surface area contributed by atoms with Gasteiger partial charge in [-0.3, -0.25) is 0 Å². The Hall–Kier alpha value is -5.34. The third-order valence-electron chi connectivity index (χ3n) is 12.5. The lowest BCUT2D eigenvalue weighted by atomic mass is 9.86. The van der Waals surface area contributed by atoms with Crippen LogP contribution in [0.4, 0.5) is 0 Å². The zero-order valence-electron chi connectivity index (χ0n) is 33.0. The summed E-state index contributed by atoms with van der Waals surface area (Å²) in [4.78, 5) is 5.25. The SMILES string of the molecule is C1=CC(N(C2=CC=C(/C=C/c3ccc(/C=C/C4=CC=C(N(C5=CCCC=C5)C5C=CC6=C(C=CCC6)C5)CC4)cc3)CC2)C2C=CC3=C(C=CCC3)C2)=CCC1. The van der Waals surface area contributed by atoms with Crippen LogP contribution in [0.2, 0.25) is 0 Å². The number of allylic oxidation sites excluding steroid dienone is 24. The van der Waals surface area contributed by atoms with Gasteiger partial charge in [0.25, 0.3) is 0 Å². The highest BCUT2D eigenvalue weighted by Crippen LogP contribution is 2.38. The Morgan fingerprint density at radius 2 is 0.875 bits per heavy atom. The van der Waals surface area contributed by atoms with E-state index < -0.39 is 0 Å². The van der Waals surface area contributed by atoms with Gasteiger partial charge in [0.1, 0.15) is 0 Å². The molecular weight excluding hydrogens is 677 g/mol. The molecule has 0 radical (unpaired) electrons. The smallest absolute Gasteiger partial charge is 0.0562 e. The quantitative estimate of drug-likeness (QED) is 0.236. The Bertz CT molecular complexity index is 2040. The van der Waals surface area contributed by atoms with Crippen LogP contribution in [0.1, 0.15) is 101 Å². The van der Waals surface area contributed by atoms with E-state index in [9.17, 15) is 0 Å². The van der Waals surface area contributed by atoms with Gasteiger partial charge in [0.15, 0.2) is 0 Å². The minimum atomic E-state index is 0.371. The van der Waals surface area contributed by atoms with Gasteiger partial charge in [-0.2, -0.15) is 0 Å². The Labute approximate surface area is 335 Å². The molecule has 2 heteroatoms. The van der Waals surface area contributed by atoms with Crippen molar-refractivity contribution in [3.05, 3.63) is 213 Å². The molecule has 0 aliphatic heterocycles. The highest BCUT2D eigenvalue weighted by Gasteiger charge is 2.28. The third-order valence-corrected chi connectivity index (χ3v) is 12.5. The van der Waals surface area contributed by atoms with Crippen molar-refractivity contribution >= 4 is 12.2 Å². The summed E-state index contributed by atoms with van der Waals surface area (Å²) in [5.41, 5.74) is 17.0. The van der Waals surface area contributed by atoms with Crippen molar-refractivity contribution in [1.29, 1.82) is 0 Å². The van der Waals surface area contributed by atoms with E-state index in [-0.39, 0.29) is 0 Å². The molecule has 0 amide bonds. The zero-order chi connectivity index (χ0) is 37.5. The summed E-state index contributed by atoms with van der Waals surface area (Å²) in [6, 6.07) is 9.74. The molecule has 0 saturated carbocycles. The van der Waals surface area contributed by atoms with Crippen LogP contribution in [0, 0.1) is 0 Å². The first-order valence-corrected chi connectivity index (χ1v) is 21.4. The zero-order valence-corrected chi connectivity index (χ0v) is 33.0. The number of hydrogen-bond donors (Lipinski definition) is 0. The van der Waals surface area contributed by atoms with E-state index in [1.165, 1.54) is 93.0 Å². The monoisotopic (exact) mass is 732 g/mol. The predicted octanol–water partition coefficient (Wildman–Crippen LogP) is 13.9. The van der Waals surface area contributed by atoms with Gasteiger partial charge >= 0.3 is 0 Å². The molecule has 8 aliphatic carbocycles. The lowest BCUT2D eigenvalue weighted by molar-refractivity contribution is 0.350. The molecule has 2 unspecified atom stereocenters. The lowest BCUT2D eigenvalue weighted by Gasteiger charge is -2.38. The molecule has 0 heterocycles. The van der Waals surface area contributed by atoms with Crippen LogP contribution in [-0.4, -0.2) is 21.9 Å². The normalized spacial score (nSPS) is 24.4. The molecule has 9 rings (SSSR count). The lowest BCUT2D eigenvalue weighted by Crippen LogP contribution is -2.34. The molecule has 0 spiro atoms. The van der Waals surface area contributed by atoms with Crippen LogP contribution >= 0.6 is 0 Å². The Balaban J connectivity index is 0.838. The van der Waals surface area contributed by atoms with Gasteiger partial charge in [0, 0.05) is 22.8 Å². The first kappa shape index (κ1) is 36.3. The van der Waals surface area contributed by atoms with E-state index in [2.05, 4.69) is 168 Å². The summed E-state index contributed by atoms with van der Waals surface area (Å²) in [5, 5.41) is 0. The molecule has 0 bridgehead atoms. The largest absolute Gasteiger partial charge is 0.338 e. The van der Waals surface area contributed by atoms with Crippen molar-refractivity contribution in [1.82, 2.24) is 9.80 Å². The molecule has 8 aliphatic rings. The Morgan fingerprint density at radius 1 is 0.411 bits per heavy atom. The van der Waals surface area contributed by atoms with Crippen molar-refractivity contribution in [3.8, 4) is 0 Å². The highest BCUT2D eigenvalue weighted by molar-refractivity contribution is 5.60. The first-order valence-electron chi connectivity index (χ1n) is 21.4. The fourth-order valence-corrected chi connectivity index (χ4v) is 9.42. The molecule has 0 fully saturated rings. The molecule has 1 aromatic rings. The second-order valence-electron chi connectivity index (χ2n) is 16.3. The maximum atomic E-state index is 2.62. The summed E-state index contributed by atoms with van der Waals surface area (Å²) in [6.45, 7) is 0. The summed E-state index contributed by atoms with van der Waals surface area (Å²) in [6.07, 6.45) is 67.7. The van der Waals surface area contributed by atoms with Crippen LogP contribution in [0.15, 0.2) is 202 Å². The maximum Gasteiger partial charge on any atom is 0.0562 e. The van der Waals surface area contributed by atoms with E-state index >= 15 is 0 Å². The van der Waals surface area contributed by atoms with Gasteiger partial charge < -0.3 is 9.80 Å². The average Bonchev–Trinajstić information content (AvgIpc) is 3.27. The van der Waals surface area contributed by atoms with Crippen LogP contribution in [0.3, 0.4) is 0 Å². The number of benzene rings is 1. The van der Waals surface area contributed by atoms with Crippen LogP contribution in [-0.2, 0) is 0 Å². The molecule has 1 aromatic carbocycles. The molecule has 56 heavy (non-hydrogen) atoms. The van der Waals surface area contributed by atoms with Crippen LogP contribution < -0.4 is 0 Å². The van der Waals surface area contributed by atoms with E-state index in [1.807, 2.05) is 0 Å². The topological polar surface area (TPSA) is 6.48 Å². The van der Waals surface area contributed by atoms with Crippen molar-refractivity contribution in [2.45, 2.75) is 102 Å². The first-order chi connectivity index (χ1) is 27.7. The van der Waals surface area contributed by atoms with Crippen molar-refractivity contribution in [3.63, 3.8) is 0 Å². The molecular formula is C54H56N2. The van der Waals surface area contributed by atoms with Crippen molar-refractivity contribution in [2.24, 2.45) is 0 Å². The third kappa shape index (κ3) is 8.41. The Kier molecular flexibility index (Phi) is 11.2. The van der Waals surface area contributed by atoms with Gasteiger partial charge in [-0.25, -0.2) is 0 Å². The van der Waals surface area contributed by atoms with Crippen LogP contribution in [0.5, 0.6) is 0 Å².